The van der Waals surface area contributed by atoms with Crippen LogP contribution in [0.25, 0.3) is 11.3 Å². The first-order chi connectivity index (χ1) is 11.3. The molecule has 0 aromatic heterocycles. The van der Waals surface area contributed by atoms with Crippen molar-refractivity contribution in [3.05, 3.63) is 94.1 Å². The molecule has 0 atom stereocenters. The molecule has 1 N–H and O–H groups in total. The molecule has 0 unspecified atom stereocenters. The van der Waals surface area contributed by atoms with Crippen LogP contribution in [0.2, 0.25) is 0 Å². The first-order valence-electron chi connectivity index (χ1n) is 8.39. The molecule has 0 saturated heterocycles. The van der Waals surface area contributed by atoms with E-state index in [1.807, 2.05) is 32.0 Å². The van der Waals surface area contributed by atoms with Gasteiger partial charge in [-0.05, 0) is 41.0 Å². The molecule has 0 fully saturated rings. The first-order valence-corrected chi connectivity index (χ1v) is 8.39. The van der Waals surface area contributed by atoms with Gasteiger partial charge in [-0.1, -0.05) is 57.7 Å². The van der Waals surface area contributed by atoms with Gasteiger partial charge in [0, 0.05) is 0 Å². The van der Waals surface area contributed by atoms with Gasteiger partial charge in [0.05, 0.1) is 0 Å². The summed E-state index contributed by atoms with van der Waals surface area (Å²) in [4.78, 5) is 0. The predicted molar refractivity (Wildman–Crippen MR) is 107 cm³/mol. The molecule has 1 nitrogen and oxygen atoms in total. The average Bonchev–Trinajstić information content (AvgIpc) is 2.86. The van der Waals surface area contributed by atoms with E-state index in [-0.39, 0.29) is 21.7 Å². The molecule has 0 bridgehead atoms. The van der Waals surface area contributed by atoms with E-state index in [4.69, 9.17) is 5.73 Å². The van der Waals surface area contributed by atoms with Crippen LogP contribution < -0.4 is 0 Å². The second-order valence-electron chi connectivity index (χ2n) is 6.63. The summed E-state index contributed by atoms with van der Waals surface area (Å²) >= 11 is 0. The molecule has 2 heteroatoms. The summed E-state index contributed by atoms with van der Waals surface area (Å²) in [6.45, 7) is 14.4. The molecule has 0 saturated carbocycles. The number of allylic oxidation sites excluding steroid dienone is 4. The van der Waals surface area contributed by atoms with Gasteiger partial charge in [0.2, 0.25) is 0 Å². The zero-order valence-electron chi connectivity index (χ0n) is 16.0. The Hall–Kier alpha value is -1.70. The molecule has 1 aliphatic rings. The van der Waals surface area contributed by atoms with Crippen molar-refractivity contribution in [2.24, 2.45) is 0 Å². The third-order valence-corrected chi connectivity index (χ3v) is 4.68. The number of hydrogen-bond donors (Lipinski definition) is 0. The molecule has 0 radical (unpaired) electrons. The standard InChI is InChI=1S/C14H15.C9H12N.Ti/c1-10-8-9-14(12(10)3)13-7-5-4-6-11(13)2;1-6-4-7(2)9(10)8(3)5-6;/h4-8H,2,9H2,1,3H3;4-5,10H,1-3H3;/q2*-1;+2. The van der Waals surface area contributed by atoms with Crippen LogP contribution in [0.15, 0.2) is 53.6 Å². The molecule has 25 heavy (non-hydrogen) atoms. The Morgan fingerprint density at radius 2 is 1.48 bits per heavy atom. The van der Waals surface area contributed by atoms with Crippen LogP contribution in [0.5, 0.6) is 0 Å². The van der Waals surface area contributed by atoms with Crippen LogP contribution >= 0.6 is 0 Å². The second-order valence-corrected chi connectivity index (χ2v) is 6.63. The summed E-state index contributed by atoms with van der Waals surface area (Å²) in [5, 5.41) is 0. The van der Waals surface area contributed by atoms with Crippen molar-refractivity contribution in [1.29, 1.82) is 0 Å². The van der Waals surface area contributed by atoms with Crippen molar-refractivity contribution in [2.75, 3.05) is 0 Å². The first kappa shape index (κ1) is 21.3. The topological polar surface area (TPSA) is 23.8 Å². The Balaban J connectivity index is 0.000000254. The third kappa shape index (κ3) is 5.14. The van der Waals surface area contributed by atoms with Gasteiger partial charge in [0.15, 0.2) is 0 Å². The fourth-order valence-electron chi connectivity index (χ4n) is 3.11. The Morgan fingerprint density at radius 1 is 0.920 bits per heavy atom. The van der Waals surface area contributed by atoms with Crippen LogP contribution in [-0.4, -0.2) is 0 Å². The van der Waals surface area contributed by atoms with Crippen molar-refractivity contribution < 1.29 is 21.7 Å². The summed E-state index contributed by atoms with van der Waals surface area (Å²) in [6.07, 6.45) is 3.35. The van der Waals surface area contributed by atoms with Crippen LogP contribution in [0.4, 0.5) is 5.69 Å². The Bertz CT molecular complexity index is 790. The van der Waals surface area contributed by atoms with Gasteiger partial charge in [-0.2, -0.15) is 18.6 Å². The summed E-state index contributed by atoms with van der Waals surface area (Å²) in [5.74, 6) is 0. The fourth-order valence-corrected chi connectivity index (χ4v) is 3.11. The van der Waals surface area contributed by atoms with Gasteiger partial charge in [0.25, 0.3) is 0 Å². The molecule has 0 spiro atoms. The molecule has 0 heterocycles. The maximum Gasteiger partial charge on any atom is 2.00 e. The number of rotatable bonds is 1. The van der Waals surface area contributed by atoms with Gasteiger partial charge >= 0.3 is 21.7 Å². The summed E-state index contributed by atoms with van der Waals surface area (Å²) < 4.78 is 0. The van der Waals surface area contributed by atoms with Crippen LogP contribution in [0.1, 0.15) is 48.1 Å². The minimum absolute atomic E-state index is 0. The third-order valence-electron chi connectivity index (χ3n) is 4.68. The average molecular weight is 365 g/mol. The quantitative estimate of drug-likeness (QED) is 0.374. The smallest absolute Gasteiger partial charge is 0.698 e. The van der Waals surface area contributed by atoms with Crippen molar-refractivity contribution in [3.63, 3.8) is 0 Å². The zero-order chi connectivity index (χ0) is 17.9. The Kier molecular flexibility index (Phi) is 7.79. The van der Waals surface area contributed by atoms with Gasteiger partial charge in [-0.25, -0.2) is 0 Å². The van der Waals surface area contributed by atoms with E-state index in [1.165, 1.54) is 27.8 Å². The van der Waals surface area contributed by atoms with Gasteiger partial charge in [-0.3, -0.25) is 0 Å². The fraction of sp³-hybridized carbons (Fsp3) is 0.261. The molecular weight excluding hydrogens is 338 g/mol. The Labute approximate surface area is 167 Å². The Morgan fingerprint density at radius 3 is 1.96 bits per heavy atom. The second kappa shape index (κ2) is 9.13. The van der Waals surface area contributed by atoms with Crippen LogP contribution in [0.3, 0.4) is 0 Å². The van der Waals surface area contributed by atoms with E-state index in [2.05, 4.69) is 52.0 Å². The monoisotopic (exact) mass is 365 g/mol. The van der Waals surface area contributed by atoms with Gasteiger partial charge in [-0.15, -0.1) is 23.4 Å². The van der Waals surface area contributed by atoms with Crippen molar-refractivity contribution in [3.8, 4) is 0 Å². The SMILES string of the molecule is Cc1cc(C)c([NH-])c(C)c1.[CH2-]c1ccccc1C1=C(C)C(C)=CC1.[Ti+2]. The number of nitrogens with one attached hydrogen (secondary N) is 1. The van der Waals surface area contributed by atoms with Gasteiger partial charge in [0.1, 0.15) is 0 Å². The molecule has 2 aromatic rings. The molecule has 128 valence electrons. The minimum Gasteiger partial charge on any atom is -0.698 e. The van der Waals surface area contributed by atoms with Crippen molar-refractivity contribution >= 4 is 11.3 Å². The van der Waals surface area contributed by atoms with Crippen molar-refractivity contribution in [2.45, 2.75) is 41.0 Å². The molecule has 0 amide bonds. The maximum absolute atomic E-state index is 7.54. The molecule has 0 aliphatic heterocycles. The number of hydrogen-bond acceptors (Lipinski definition) is 0. The van der Waals surface area contributed by atoms with E-state index in [0.29, 0.717) is 5.69 Å². The normalized spacial score (nSPS) is 12.9. The zero-order valence-corrected chi connectivity index (χ0v) is 17.5. The summed E-state index contributed by atoms with van der Waals surface area (Å²) in [7, 11) is 0. The summed E-state index contributed by atoms with van der Waals surface area (Å²) in [6, 6.07) is 12.4. The van der Waals surface area contributed by atoms with E-state index >= 15 is 0 Å². The van der Waals surface area contributed by atoms with Crippen LogP contribution in [0, 0.1) is 27.7 Å². The number of benzene rings is 2. The van der Waals surface area contributed by atoms with E-state index in [9.17, 15) is 0 Å². The summed E-state index contributed by atoms with van der Waals surface area (Å²) in [5.41, 5.74) is 18.3. The van der Waals surface area contributed by atoms with E-state index < -0.39 is 0 Å². The van der Waals surface area contributed by atoms with E-state index in [0.717, 1.165) is 23.1 Å². The predicted octanol–water partition coefficient (Wildman–Crippen LogP) is 7.29. The molecule has 3 rings (SSSR count). The van der Waals surface area contributed by atoms with Crippen LogP contribution in [-0.2, 0) is 21.7 Å². The van der Waals surface area contributed by atoms with E-state index in [1.54, 1.807) is 0 Å². The van der Waals surface area contributed by atoms with Gasteiger partial charge < -0.3 is 5.73 Å². The number of aryl methyl sites for hydroxylation is 3. The maximum atomic E-state index is 7.54. The molecule has 2 aromatic carbocycles. The largest absolute Gasteiger partial charge is 2.00 e. The molecule has 1 aliphatic carbocycles. The van der Waals surface area contributed by atoms with Crippen molar-refractivity contribution in [1.82, 2.24) is 0 Å². The minimum atomic E-state index is 0. The molecular formula is C23H27NTi.